The first-order valence-electron chi connectivity index (χ1n) is 6.32. The Hall–Kier alpha value is -1.62. The second kappa shape index (κ2) is 5.35. The van der Waals surface area contributed by atoms with Gasteiger partial charge in [0.1, 0.15) is 5.69 Å². The highest BCUT2D eigenvalue weighted by Crippen LogP contribution is 2.29. The maximum Gasteiger partial charge on any atom is 0.292 e. The number of piperidine rings is 1. The number of benzene rings is 1. The summed E-state index contributed by atoms with van der Waals surface area (Å²) in [4.78, 5) is 10.7. The lowest BCUT2D eigenvalue weighted by atomic mass is 9.99. The number of nitro groups is 1. The Morgan fingerprint density at radius 1 is 1.50 bits per heavy atom. The van der Waals surface area contributed by atoms with Gasteiger partial charge in [-0.1, -0.05) is 12.1 Å². The van der Waals surface area contributed by atoms with Gasteiger partial charge in [-0.2, -0.15) is 0 Å². The Bertz CT molecular complexity index is 448. The molecule has 2 N–H and O–H groups in total. The maximum absolute atomic E-state index is 11.0. The van der Waals surface area contributed by atoms with E-state index < -0.39 is 0 Å². The number of rotatable bonds is 3. The summed E-state index contributed by atoms with van der Waals surface area (Å²) in [5.74, 6) is 0. The van der Waals surface area contributed by atoms with Crippen LogP contribution in [0.4, 0.5) is 11.4 Å². The number of hydrogen-bond acceptors (Lipinski definition) is 4. The van der Waals surface area contributed by atoms with E-state index in [1.54, 1.807) is 12.1 Å². The monoisotopic (exact) mass is 249 g/mol. The molecule has 0 radical (unpaired) electrons. The van der Waals surface area contributed by atoms with Crippen LogP contribution in [0.5, 0.6) is 0 Å². The van der Waals surface area contributed by atoms with Crippen LogP contribution in [0.15, 0.2) is 18.2 Å². The molecule has 1 aliphatic rings. The van der Waals surface area contributed by atoms with Gasteiger partial charge in [-0.3, -0.25) is 10.1 Å². The molecule has 0 aliphatic carbocycles. The molecule has 5 heteroatoms. The highest BCUT2D eigenvalue weighted by molar-refractivity contribution is 5.66. The summed E-state index contributed by atoms with van der Waals surface area (Å²) in [6.07, 6.45) is 1.99. The van der Waals surface area contributed by atoms with Crippen molar-refractivity contribution in [1.82, 2.24) is 5.32 Å². The van der Waals surface area contributed by atoms with Gasteiger partial charge in [-0.25, -0.2) is 0 Å². The van der Waals surface area contributed by atoms with Gasteiger partial charge >= 0.3 is 0 Å². The van der Waals surface area contributed by atoms with E-state index in [-0.39, 0.29) is 10.6 Å². The predicted molar refractivity (Wildman–Crippen MR) is 71.9 cm³/mol. The zero-order valence-corrected chi connectivity index (χ0v) is 10.8. The average molecular weight is 249 g/mol. The van der Waals surface area contributed by atoms with Crippen molar-refractivity contribution in [2.45, 2.75) is 38.8 Å². The molecule has 0 aromatic heterocycles. The number of nitrogens with one attached hydrogen (secondary N) is 2. The Kier molecular flexibility index (Phi) is 3.81. The minimum atomic E-state index is -0.320. The Morgan fingerprint density at radius 3 is 2.94 bits per heavy atom. The van der Waals surface area contributed by atoms with Gasteiger partial charge in [0.25, 0.3) is 5.69 Å². The second-order valence-electron chi connectivity index (χ2n) is 4.95. The van der Waals surface area contributed by atoms with Crippen LogP contribution in [0.25, 0.3) is 0 Å². The van der Waals surface area contributed by atoms with Crippen LogP contribution in [-0.4, -0.2) is 23.6 Å². The van der Waals surface area contributed by atoms with Crippen LogP contribution >= 0.6 is 0 Å². The number of para-hydroxylation sites is 1. The van der Waals surface area contributed by atoms with Crippen LogP contribution in [0.1, 0.15) is 25.3 Å². The normalized spacial score (nSPS) is 23.7. The molecule has 1 aromatic rings. The molecule has 1 aliphatic heterocycles. The van der Waals surface area contributed by atoms with Crippen molar-refractivity contribution in [3.63, 3.8) is 0 Å². The minimum absolute atomic E-state index is 0.168. The zero-order valence-electron chi connectivity index (χ0n) is 10.8. The van der Waals surface area contributed by atoms with Gasteiger partial charge in [0.05, 0.1) is 4.92 Å². The first kappa shape index (κ1) is 12.8. The highest BCUT2D eigenvalue weighted by Gasteiger charge is 2.22. The molecule has 1 fully saturated rings. The molecule has 2 rings (SSSR count). The Labute approximate surface area is 107 Å². The molecule has 2 unspecified atom stereocenters. The van der Waals surface area contributed by atoms with E-state index in [4.69, 9.17) is 0 Å². The number of hydrogen-bond donors (Lipinski definition) is 2. The first-order chi connectivity index (χ1) is 8.58. The van der Waals surface area contributed by atoms with E-state index in [1.807, 2.05) is 13.0 Å². The SMILES string of the molecule is Cc1cccc([N+](=O)[O-])c1NC1CCNC(C)C1. The summed E-state index contributed by atoms with van der Waals surface area (Å²) in [6.45, 7) is 5.00. The van der Waals surface area contributed by atoms with Crippen molar-refractivity contribution < 1.29 is 4.92 Å². The molecule has 1 heterocycles. The van der Waals surface area contributed by atoms with Crippen molar-refractivity contribution in [3.05, 3.63) is 33.9 Å². The second-order valence-corrected chi connectivity index (χ2v) is 4.95. The van der Waals surface area contributed by atoms with E-state index in [0.29, 0.717) is 17.8 Å². The summed E-state index contributed by atoms with van der Waals surface area (Å²) < 4.78 is 0. The molecule has 0 amide bonds. The fourth-order valence-electron chi connectivity index (χ4n) is 2.46. The number of nitrogens with zero attached hydrogens (tertiary/aromatic N) is 1. The van der Waals surface area contributed by atoms with Crippen molar-refractivity contribution >= 4 is 11.4 Å². The predicted octanol–water partition coefficient (Wildman–Crippen LogP) is 2.46. The summed E-state index contributed by atoms with van der Waals surface area (Å²) in [5.41, 5.74) is 1.76. The highest BCUT2D eigenvalue weighted by atomic mass is 16.6. The third kappa shape index (κ3) is 2.79. The average Bonchev–Trinajstić information content (AvgIpc) is 2.31. The largest absolute Gasteiger partial charge is 0.376 e. The van der Waals surface area contributed by atoms with Gasteiger partial charge in [-0.05, 0) is 38.8 Å². The molecule has 2 atom stereocenters. The Morgan fingerprint density at radius 2 is 2.28 bits per heavy atom. The van der Waals surface area contributed by atoms with Gasteiger partial charge in [0.2, 0.25) is 0 Å². The van der Waals surface area contributed by atoms with Crippen molar-refractivity contribution in [1.29, 1.82) is 0 Å². The quantitative estimate of drug-likeness (QED) is 0.638. The standard InChI is InChI=1S/C13H19N3O2/c1-9-4-3-5-12(16(17)18)13(9)15-11-6-7-14-10(2)8-11/h3-5,10-11,14-15H,6-8H2,1-2H3. The van der Waals surface area contributed by atoms with Gasteiger partial charge in [0, 0.05) is 18.2 Å². The molecule has 5 nitrogen and oxygen atoms in total. The fourth-order valence-corrected chi connectivity index (χ4v) is 2.46. The Balaban J connectivity index is 2.20. The molecule has 18 heavy (non-hydrogen) atoms. The topological polar surface area (TPSA) is 67.2 Å². The minimum Gasteiger partial charge on any atom is -0.376 e. The van der Waals surface area contributed by atoms with Crippen LogP contribution < -0.4 is 10.6 Å². The van der Waals surface area contributed by atoms with Crippen molar-refractivity contribution in [2.75, 3.05) is 11.9 Å². The summed E-state index contributed by atoms with van der Waals surface area (Å²) in [6, 6.07) is 5.95. The van der Waals surface area contributed by atoms with Gasteiger partial charge in [-0.15, -0.1) is 0 Å². The first-order valence-corrected chi connectivity index (χ1v) is 6.32. The smallest absolute Gasteiger partial charge is 0.292 e. The van der Waals surface area contributed by atoms with Crippen LogP contribution in [0, 0.1) is 17.0 Å². The van der Waals surface area contributed by atoms with E-state index in [9.17, 15) is 10.1 Å². The van der Waals surface area contributed by atoms with Crippen molar-refractivity contribution in [3.8, 4) is 0 Å². The van der Waals surface area contributed by atoms with E-state index in [2.05, 4.69) is 17.6 Å². The maximum atomic E-state index is 11.0. The summed E-state index contributed by atoms with van der Waals surface area (Å²) in [5, 5.41) is 17.8. The van der Waals surface area contributed by atoms with Crippen LogP contribution in [0.2, 0.25) is 0 Å². The number of aryl methyl sites for hydroxylation is 1. The van der Waals surface area contributed by atoms with E-state index in [1.165, 1.54) is 0 Å². The van der Waals surface area contributed by atoms with E-state index in [0.717, 1.165) is 24.9 Å². The van der Waals surface area contributed by atoms with Crippen LogP contribution in [0.3, 0.4) is 0 Å². The summed E-state index contributed by atoms with van der Waals surface area (Å²) >= 11 is 0. The molecule has 0 saturated carbocycles. The molecule has 0 bridgehead atoms. The lowest BCUT2D eigenvalue weighted by molar-refractivity contribution is -0.384. The third-order valence-corrected chi connectivity index (χ3v) is 3.42. The number of nitro benzene ring substituents is 1. The fraction of sp³-hybridized carbons (Fsp3) is 0.538. The lowest BCUT2D eigenvalue weighted by Crippen LogP contribution is -2.41. The molecule has 0 spiro atoms. The van der Waals surface area contributed by atoms with Crippen molar-refractivity contribution in [2.24, 2.45) is 0 Å². The van der Waals surface area contributed by atoms with Crippen LogP contribution in [-0.2, 0) is 0 Å². The molecule has 98 valence electrons. The molecule has 1 aromatic carbocycles. The van der Waals surface area contributed by atoms with Gasteiger partial charge < -0.3 is 10.6 Å². The lowest BCUT2D eigenvalue weighted by Gasteiger charge is -2.29. The third-order valence-electron chi connectivity index (χ3n) is 3.42. The zero-order chi connectivity index (χ0) is 13.1. The molecular formula is C13H19N3O2. The summed E-state index contributed by atoms with van der Waals surface area (Å²) in [7, 11) is 0. The molecule has 1 saturated heterocycles. The van der Waals surface area contributed by atoms with Gasteiger partial charge in [0.15, 0.2) is 0 Å². The number of anilines is 1. The van der Waals surface area contributed by atoms with E-state index >= 15 is 0 Å². The molecular weight excluding hydrogens is 230 g/mol.